The molecule has 88 valence electrons. The van der Waals surface area contributed by atoms with E-state index in [9.17, 15) is 9.59 Å². The second-order valence-corrected chi connectivity index (χ2v) is 3.39. The van der Waals surface area contributed by atoms with Crippen molar-refractivity contribution in [2.45, 2.75) is 32.4 Å². The third kappa shape index (κ3) is 6.03. The molecule has 6 nitrogen and oxygen atoms in total. The van der Waals surface area contributed by atoms with Gasteiger partial charge in [0.2, 0.25) is 11.8 Å². The van der Waals surface area contributed by atoms with Crippen molar-refractivity contribution in [2.75, 3.05) is 13.2 Å². The van der Waals surface area contributed by atoms with Gasteiger partial charge in [-0.3, -0.25) is 9.59 Å². The fourth-order valence-corrected chi connectivity index (χ4v) is 0.854. The van der Waals surface area contributed by atoms with E-state index in [-0.39, 0.29) is 18.4 Å². The topological polar surface area (TPSA) is 104 Å². The number of carbonyl (C=O) groups excluding carboxylic acids is 2. The maximum atomic E-state index is 11.3. The minimum Gasteiger partial charge on any atom is -0.396 e. The molecule has 0 aromatic rings. The summed E-state index contributed by atoms with van der Waals surface area (Å²) in [5.74, 6) is -0.641. The molecule has 0 saturated carbocycles. The number of hydrogen-bond donors (Lipinski definition) is 4. The van der Waals surface area contributed by atoms with Crippen LogP contribution in [0.25, 0.3) is 0 Å². The lowest BCUT2D eigenvalue weighted by Gasteiger charge is -2.15. The number of amides is 2. The zero-order valence-electron chi connectivity index (χ0n) is 9.12. The van der Waals surface area contributed by atoms with E-state index in [1.807, 2.05) is 0 Å². The first kappa shape index (κ1) is 13.9. The van der Waals surface area contributed by atoms with Crippen LogP contribution in [0.1, 0.15) is 20.3 Å². The van der Waals surface area contributed by atoms with Gasteiger partial charge in [-0.25, -0.2) is 0 Å². The minimum absolute atomic E-state index is 0.0286. The lowest BCUT2D eigenvalue weighted by molar-refractivity contribution is -0.129. The van der Waals surface area contributed by atoms with Crippen molar-refractivity contribution >= 4 is 11.8 Å². The molecular weight excluding hydrogens is 198 g/mol. The van der Waals surface area contributed by atoms with Crippen molar-refractivity contribution in [2.24, 2.45) is 5.73 Å². The molecule has 0 aromatic carbocycles. The van der Waals surface area contributed by atoms with Crippen LogP contribution in [0.4, 0.5) is 0 Å². The van der Waals surface area contributed by atoms with Gasteiger partial charge < -0.3 is 21.5 Å². The Hall–Kier alpha value is -1.14. The fourth-order valence-electron chi connectivity index (χ4n) is 0.854. The molecule has 0 aliphatic heterocycles. The van der Waals surface area contributed by atoms with Crippen molar-refractivity contribution in [3.63, 3.8) is 0 Å². The lowest BCUT2D eigenvalue weighted by Crippen LogP contribution is -2.49. The van der Waals surface area contributed by atoms with Gasteiger partial charge in [0.05, 0.1) is 6.04 Å². The molecule has 0 aliphatic rings. The van der Waals surface area contributed by atoms with E-state index in [0.29, 0.717) is 13.0 Å². The van der Waals surface area contributed by atoms with Gasteiger partial charge in [-0.05, 0) is 20.3 Å². The summed E-state index contributed by atoms with van der Waals surface area (Å²) >= 11 is 0. The van der Waals surface area contributed by atoms with Crippen LogP contribution in [0.5, 0.6) is 0 Å². The number of nitrogens with two attached hydrogens (primary N) is 1. The van der Waals surface area contributed by atoms with E-state index in [1.54, 1.807) is 13.8 Å². The van der Waals surface area contributed by atoms with Crippen LogP contribution in [0.15, 0.2) is 0 Å². The van der Waals surface area contributed by atoms with Gasteiger partial charge in [-0.1, -0.05) is 0 Å². The Bertz CT molecular complexity index is 219. The molecule has 0 aromatic heterocycles. The molecule has 0 bridgehead atoms. The Balaban J connectivity index is 3.83. The van der Waals surface area contributed by atoms with Gasteiger partial charge in [0.1, 0.15) is 6.04 Å². The highest BCUT2D eigenvalue weighted by Gasteiger charge is 2.16. The van der Waals surface area contributed by atoms with Crippen LogP contribution >= 0.6 is 0 Å². The monoisotopic (exact) mass is 217 g/mol. The number of nitrogens with one attached hydrogen (secondary N) is 2. The Morgan fingerprint density at radius 2 is 1.93 bits per heavy atom. The number of aliphatic hydroxyl groups is 1. The summed E-state index contributed by atoms with van der Waals surface area (Å²) in [5.41, 5.74) is 5.33. The number of carbonyl (C=O) groups is 2. The van der Waals surface area contributed by atoms with Crippen LogP contribution in [0.2, 0.25) is 0 Å². The van der Waals surface area contributed by atoms with E-state index in [1.165, 1.54) is 0 Å². The molecule has 0 unspecified atom stereocenters. The zero-order valence-corrected chi connectivity index (χ0v) is 9.12. The molecule has 0 spiro atoms. The Morgan fingerprint density at radius 1 is 1.33 bits per heavy atom. The van der Waals surface area contributed by atoms with Crippen LogP contribution < -0.4 is 16.4 Å². The second kappa shape index (κ2) is 7.19. The SMILES string of the molecule is C[C@H](N)C(=O)N[C@@H](C)C(=O)NCCCO. The highest BCUT2D eigenvalue weighted by Crippen LogP contribution is 1.85. The number of rotatable bonds is 6. The van der Waals surface area contributed by atoms with Crippen molar-refractivity contribution in [3.8, 4) is 0 Å². The summed E-state index contributed by atoms with van der Waals surface area (Å²) in [7, 11) is 0. The summed E-state index contributed by atoms with van der Waals surface area (Å²) in [4.78, 5) is 22.5. The van der Waals surface area contributed by atoms with Crippen molar-refractivity contribution in [1.82, 2.24) is 10.6 Å². The molecule has 0 saturated heterocycles. The average molecular weight is 217 g/mol. The minimum atomic E-state index is -0.627. The molecule has 0 aliphatic carbocycles. The summed E-state index contributed by atoms with van der Waals surface area (Å²) in [6.45, 7) is 3.55. The summed E-state index contributed by atoms with van der Waals surface area (Å²) in [5, 5.41) is 13.5. The predicted molar refractivity (Wildman–Crippen MR) is 56.0 cm³/mol. The normalized spacial score (nSPS) is 14.1. The Kier molecular flexibility index (Phi) is 6.64. The Morgan fingerprint density at radius 3 is 2.40 bits per heavy atom. The summed E-state index contributed by atoms with van der Waals surface area (Å²) in [6.07, 6.45) is 0.500. The first-order valence-corrected chi connectivity index (χ1v) is 4.93. The molecule has 0 radical (unpaired) electrons. The molecule has 2 atom stereocenters. The molecular formula is C9H19N3O3. The van der Waals surface area contributed by atoms with Gasteiger partial charge in [-0.15, -0.1) is 0 Å². The zero-order chi connectivity index (χ0) is 11.8. The summed E-state index contributed by atoms with van der Waals surface area (Å²) < 4.78 is 0. The largest absolute Gasteiger partial charge is 0.396 e. The average Bonchev–Trinajstić information content (AvgIpc) is 2.17. The third-order valence-corrected chi connectivity index (χ3v) is 1.80. The maximum absolute atomic E-state index is 11.3. The third-order valence-electron chi connectivity index (χ3n) is 1.80. The molecule has 6 heteroatoms. The number of hydrogen-bond acceptors (Lipinski definition) is 4. The lowest BCUT2D eigenvalue weighted by atomic mass is 10.2. The molecule has 2 amide bonds. The number of aliphatic hydroxyl groups excluding tert-OH is 1. The van der Waals surface area contributed by atoms with E-state index < -0.39 is 12.1 Å². The van der Waals surface area contributed by atoms with Gasteiger partial charge in [0.15, 0.2) is 0 Å². The van der Waals surface area contributed by atoms with Crippen molar-refractivity contribution < 1.29 is 14.7 Å². The fraction of sp³-hybridized carbons (Fsp3) is 0.778. The van der Waals surface area contributed by atoms with Crippen LogP contribution in [0, 0.1) is 0 Å². The van der Waals surface area contributed by atoms with Crippen LogP contribution in [0.3, 0.4) is 0 Å². The molecule has 0 heterocycles. The quantitative estimate of drug-likeness (QED) is 0.399. The second-order valence-electron chi connectivity index (χ2n) is 3.39. The maximum Gasteiger partial charge on any atom is 0.242 e. The highest BCUT2D eigenvalue weighted by molar-refractivity contribution is 5.89. The highest BCUT2D eigenvalue weighted by atomic mass is 16.3. The Labute approximate surface area is 89.2 Å². The standard InChI is InChI=1S/C9H19N3O3/c1-6(10)8(14)12-7(2)9(15)11-4-3-5-13/h6-7,13H,3-5,10H2,1-2H3,(H,11,15)(H,12,14)/t6-,7-/m0/s1. The van der Waals surface area contributed by atoms with Gasteiger partial charge >= 0.3 is 0 Å². The molecule has 0 rings (SSSR count). The molecule has 5 N–H and O–H groups in total. The van der Waals surface area contributed by atoms with Gasteiger partial charge in [0.25, 0.3) is 0 Å². The van der Waals surface area contributed by atoms with Gasteiger partial charge in [-0.2, -0.15) is 0 Å². The summed E-state index contributed by atoms with van der Waals surface area (Å²) in [6, 6.07) is -1.24. The van der Waals surface area contributed by atoms with E-state index in [0.717, 1.165) is 0 Å². The van der Waals surface area contributed by atoms with Crippen molar-refractivity contribution in [1.29, 1.82) is 0 Å². The van der Waals surface area contributed by atoms with E-state index in [2.05, 4.69) is 10.6 Å². The van der Waals surface area contributed by atoms with Crippen molar-refractivity contribution in [3.05, 3.63) is 0 Å². The van der Waals surface area contributed by atoms with E-state index in [4.69, 9.17) is 10.8 Å². The predicted octanol–water partition coefficient (Wildman–Crippen LogP) is -1.66. The first-order chi connectivity index (χ1) is 6.99. The molecule has 0 fully saturated rings. The van der Waals surface area contributed by atoms with E-state index >= 15 is 0 Å². The van der Waals surface area contributed by atoms with Crippen LogP contribution in [-0.4, -0.2) is 42.2 Å². The molecule has 15 heavy (non-hydrogen) atoms. The van der Waals surface area contributed by atoms with Gasteiger partial charge in [0, 0.05) is 13.2 Å². The van der Waals surface area contributed by atoms with Crippen LogP contribution in [-0.2, 0) is 9.59 Å². The first-order valence-electron chi connectivity index (χ1n) is 4.93. The smallest absolute Gasteiger partial charge is 0.242 e.